The first kappa shape index (κ1) is 33.9. The minimum atomic E-state index is -2.79. The van der Waals surface area contributed by atoms with Crippen molar-refractivity contribution in [2.45, 2.75) is 76.9 Å². The highest BCUT2D eigenvalue weighted by Gasteiger charge is 2.67. The van der Waals surface area contributed by atoms with E-state index >= 15 is 4.79 Å². The Bertz CT molecular complexity index is 2050. The molecule has 0 saturated heterocycles. The Morgan fingerprint density at radius 3 is 2.47 bits per heavy atom. The summed E-state index contributed by atoms with van der Waals surface area (Å²) in [5.41, 5.74) is 1.91. The molecule has 0 radical (unpaired) electrons. The van der Waals surface area contributed by atoms with Crippen molar-refractivity contribution >= 4 is 46.6 Å². The topological polar surface area (TPSA) is 102 Å². The van der Waals surface area contributed by atoms with Crippen LogP contribution in [0.15, 0.2) is 74.9 Å². The van der Waals surface area contributed by atoms with Gasteiger partial charge in [0.1, 0.15) is 17.9 Å². The summed E-state index contributed by atoms with van der Waals surface area (Å²) in [6, 6.07) is 17.3. The van der Waals surface area contributed by atoms with Gasteiger partial charge in [0.2, 0.25) is 5.78 Å². The first-order chi connectivity index (χ1) is 23.1. The molecule has 4 aromatic rings. The number of carbonyl (C=O) groups excluding carboxylic acids is 2. The van der Waals surface area contributed by atoms with Crippen LogP contribution in [0.4, 0.5) is 0 Å². The van der Waals surface area contributed by atoms with Gasteiger partial charge >= 0.3 is 0 Å². The number of aliphatic hydroxyl groups excluding tert-OH is 1. The highest BCUT2D eigenvalue weighted by atomic mass is 79.9. The summed E-state index contributed by atoms with van der Waals surface area (Å²) in [4.78, 5) is 32.1. The number of ketones is 2. The quantitative estimate of drug-likeness (QED) is 0.196. The normalized spacial score (nSPS) is 23.8. The zero-order valence-electron chi connectivity index (χ0n) is 29.3. The second kappa shape index (κ2) is 11.8. The fraction of sp³-hybridized carbons (Fsp3) is 0.410. The lowest BCUT2D eigenvalue weighted by molar-refractivity contribution is -0.0480. The maximum Gasteiger partial charge on any atom is 0.265 e. The van der Waals surface area contributed by atoms with Crippen molar-refractivity contribution in [1.29, 1.82) is 0 Å². The Labute approximate surface area is 296 Å². The van der Waals surface area contributed by atoms with Gasteiger partial charge in [-0.2, -0.15) is 0 Å². The summed E-state index contributed by atoms with van der Waals surface area (Å²) in [6.07, 6.45) is 0.995. The molecule has 0 saturated carbocycles. The fourth-order valence-electron chi connectivity index (χ4n) is 7.97. The third-order valence-electron chi connectivity index (χ3n) is 11.4. The van der Waals surface area contributed by atoms with E-state index in [-0.39, 0.29) is 46.1 Å². The number of hydrogen-bond donors (Lipinski definition) is 1. The summed E-state index contributed by atoms with van der Waals surface area (Å²) in [7, 11) is 1.07. The lowest BCUT2D eigenvalue weighted by Gasteiger charge is -2.55. The van der Waals surface area contributed by atoms with Gasteiger partial charge in [-0.05, 0) is 103 Å². The molecule has 0 amide bonds. The van der Waals surface area contributed by atoms with Crippen LogP contribution in [0.3, 0.4) is 0 Å². The molecule has 3 aliphatic rings. The van der Waals surface area contributed by atoms with Crippen LogP contribution in [0.5, 0.6) is 5.88 Å². The van der Waals surface area contributed by atoms with Gasteiger partial charge in [0.15, 0.2) is 25.5 Å². The number of carbonyl (C=O) groups is 2. The van der Waals surface area contributed by atoms with E-state index in [4.69, 9.17) is 13.7 Å². The van der Waals surface area contributed by atoms with E-state index in [9.17, 15) is 9.90 Å². The van der Waals surface area contributed by atoms with Gasteiger partial charge in [0.25, 0.3) is 5.88 Å². The van der Waals surface area contributed by atoms with E-state index in [0.29, 0.717) is 24.2 Å². The lowest BCUT2D eigenvalue weighted by Crippen LogP contribution is -2.65. The number of fused-ring (bicyclic) bond motifs is 5. The first-order valence-electron chi connectivity index (χ1n) is 16.8. The van der Waals surface area contributed by atoms with Crippen molar-refractivity contribution < 1.29 is 28.4 Å². The molecule has 1 heterocycles. The number of hydrogen-bond acceptors (Lipinski definition) is 8. The van der Waals surface area contributed by atoms with Gasteiger partial charge in [0.05, 0.1) is 6.04 Å². The molecule has 256 valence electrons. The van der Waals surface area contributed by atoms with Gasteiger partial charge in [-0.3, -0.25) is 14.5 Å². The Hall–Kier alpha value is -3.57. The van der Waals surface area contributed by atoms with Crippen LogP contribution in [0.2, 0.25) is 18.1 Å². The molecule has 0 spiro atoms. The van der Waals surface area contributed by atoms with E-state index < -0.39 is 31.7 Å². The molecule has 0 aliphatic heterocycles. The molecule has 0 bridgehead atoms. The molecular formula is C39H43BrN2O6Si. The smallest absolute Gasteiger partial charge is 0.265 e. The Morgan fingerprint density at radius 1 is 1.08 bits per heavy atom. The molecule has 49 heavy (non-hydrogen) atoms. The molecule has 1 aromatic heterocycles. The van der Waals surface area contributed by atoms with E-state index in [0.717, 1.165) is 31.9 Å². The summed E-state index contributed by atoms with van der Waals surface area (Å²) in [5, 5.41) is 18.8. The zero-order valence-corrected chi connectivity index (χ0v) is 31.9. The number of Topliss-reactive ketones (excluding diaryl/α,β-unsaturated/α-hetero) is 2. The van der Waals surface area contributed by atoms with Crippen LogP contribution < -0.4 is 4.74 Å². The third-order valence-corrected chi connectivity index (χ3v) is 16.3. The summed E-state index contributed by atoms with van der Waals surface area (Å²) >= 11 is 3.58. The molecule has 8 nitrogen and oxygen atoms in total. The summed E-state index contributed by atoms with van der Waals surface area (Å²) in [6.45, 7) is 12.6. The molecule has 10 heteroatoms. The van der Waals surface area contributed by atoms with Crippen LogP contribution >= 0.6 is 15.9 Å². The van der Waals surface area contributed by atoms with Gasteiger partial charge < -0.3 is 18.8 Å². The van der Waals surface area contributed by atoms with Crippen LogP contribution in [0.25, 0.3) is 10.8 Å². The van der Waals surface area contributed by atoms with Crippen LogP contribution in [-0.4, -0.2) is 54.7 Å². The van der Waals surface area contributed by atoms with Crippen molar-refractivity contribution in [1.82, 2.24) is 10.1 Å². The zero-order chi connectivity index (χ0) is 35.2. The third kappa shape index (κ3) is 5.17. The van der Waals surface area contributed by atoms with Gasteiger partial charge in [0, 0.05) is 21.5 Å². The fourth-order valence-corrected chi connectivity index (χ4v) is 9.78. The molecule has 0 fully saturated rings. The lowest BCUT2D eigenvalue weighted by atomic mass is 9.58. The number of aliphatic hydroxyl groups is 1. The number of rotatable bonds is 6. The second-order valence-corrected chi connectivity index (χ2v) is 21.2. The maximum absolute atomic E-state index is 15.3. The second-order valence-electron chi connectivity index (χ2n) is 15.6. The highest BCUT2D eigenvalue weighted by Crippen LogP contribution is 2.59. The van der Waals surface area contributed by atoms with Gasteiger partial charge in [-0.25, -0.2) is 0 Å². The number of aromatic nitrogens is 1. The van der Waals surface area contributed by atoms with E-state index in [2.05, 4.69) is 67.1 Å². The van der Waals surface area contributed by atoms with Crippen LogP contribution in [-0.2, 0) is 17.5 Å². The monoisotopic (exact) mass is 742 g/mol. The molecule has 1 N–H and O–H groups in total. The van der Waals surface area contributed by atoms with E-state index in [1.54, 1.807) is 0 Å². The Balaban J connectivity index is 1.45. The van der Waals surface area contributed by atoms with Crippen LogP contribution in [0, 0.1) is 18.8 Å². The number of ether oxygens (including phenoxy) is 1. The van der Waals surface area contributed by atoms with Crippen molar-refractivity contribution in [2.75, 3.05) is 14.1 Å². The number of benzene rings is 3. The molecule has 7 rings (SSSR count). The van der Waals surface area contributed by atoms with E-state index in [1.165, 1.54) is 0 Å². The minimum Gasteiger partial charge on any atom is -0.508 e. The molecular weight excluding hydrogens is 700 g/mol. The first-order valence-corrected chi connectivity index (χ1v) is 20.5. The summed E-state index contributed by atoms with van der Waals surface area (Å²) in [5.74, 6) is -1.43. The van der Waals surface area contributed by atoms with Gasteiger partial charge in [-0.1, -0.05) is 79.2 Å². The minimum absolute atomic E-state index is 0.0560. The molecule has 3 aromatic carbocycles. The van der Waals surface area contributed by atoms with E-state index in [1.807, 2.05) is 68.4 Å². The Morgan fingerprint density at radius 2 is 1.80 bits per heavy atom. The molecule has 0 unspecified atom stereocenters. The predicted octanol–water partition coefficient (Wildman–Crippen LogP) is 8.92. The molecule has 3 aliphatic carbocycles. The summed E-state index contributed by atoms with van der Waals surface area (Å²) < 4.78 is 20.3. The highest BCUT2D eigenvalue weighted by molar-refractivity contribution is 9.10. The average molecular weight is 744 g/mol. The standard InChI is InChI=1S/C39H43BrN2O6Si/c1-21-27-19-26(40)15-14-23(27)16-24-17-25-18-28-32(42(5)6)34-31(37(41-47-34)46-20-22-12-10-9-11-13-22)36(45)39(28,48-49(7,8)38(2,3)4)35(44)30(25)33(43)29(21)24/h9-16,19,25,28,32,44H,17-18,20H2,1-8H3/t25-,28-,32-,39-/m0/s1. The number of allylic oxidation sites excluding steroid dienone is 1. The number of nitrogens with zero attached hydrogens (tertiary/aromatic N) is 2. The van der Waals surface area contributed by atoms with Crippen LogP contribution in [0.1, 0.15) is 76.4 Å². The maximum atomic E-state index is 15.3. The van der Waals surface area contributed by atoms with Crippen molar-refractivity contribution in [3.05, 3.63) is 104 Å². The van der Waals surface area contributed by atoms with Gasteiger partial charge in [-0.15, -0.1) is 0 Å². The molecule has 4 atom stereocenters. The average Bonchev–Trinajstić information content (AvgIpc) is 3.45. The Kier molecular flexibility index (Phi) is 8.13. The van der Waals surface area contributed by atoms with Crippen molar-refractivity contribution in [3.8, 4) is 5.88 Å². The largest absolute Gasteiger partial charge is 0.508 e. The van der Waals surface area contributed by atoms with Crippen molar-refractivity contribution in [3.63, 3.8) is 0 Å². The number of aryl methyl sites for hydroxylation is 1. The number of halogens is 1. The van der Waals surface area contributed by atoms with Crippen molar-refractivity contribution in [2.24, 2.45) is 11.8 Å². The predicted molar refractivity (Wildman–Crippen MR) is 195 cm³/mol. The SMILES string of the molecule is Cc1c2c(cc3ccc(Br)cc13)C[C@H]1C[C@H]3[C@H](N(C)C)c4onc(OCc5ccccc5)c4C(=O)[C@@]3(O[Si](C)(C)C(C)(C)C)C(O)=C1C2=O.